The second-order valence-electron chi connectivity index (χ2n) is 5.14. The average molecular weight is 274 g/mol. The van der Waals surface area contributed by atoms with Gasteiger partial charge in [0.2, 0.25) is 0 Å². The van der Waals surface area contributed by atoms with Crippen molar-refractivity contribution in [1.82, 2.24) is 9.88 Å². The molecule has 0 fully saturated rings. The van der Waals surface area contributed by atoms with E-state index in [9.17, 15) is 4.79 Å². The Kier molecular flexibility index (Phi) is 5.37. The van der Waals surface area contributed by atoms with Crippen LogP contribution in [-0.2, 0) is 7.05 Å². The number of hydrogen-bond donors (Lipinski definition) is 1. The molecule has 2 aromatic rings. The summed E-state index contributed by atoms with van der Waals surface area (Å²) in [5.74, 6) is 0.416. The molecule has 0 spiro atoms. The maximum atomic E-state index is 11.9. The van der Waals surface area contributed by atoms with E-state index in [1.807, 2.05) is 27.1 Å². The van der Waals surface area contributed by atoms with Crippen LogP contribution in [0.1, 0.15) is 55.1 Å². The summed E-state index contributed by atoms with van der Waals surface area (Å²) >= 11 is 0. The van der Waals surface area contributed by atoms with E-state index in [0.717, 1.165) is 16.5 Å². The average Bonchev–Trinajstić information content (AvgIpc) is 2.76. The zero-order valence-electron chi connectivity index (χ0n) is 13.7. The van der Waals surface area contributed by atoms with Crippen LogP contribution < -0.4 is 5.32 Å². The topological polar surface area (TPSA) is 34.0 Å². The lowest BCUT2D eigenvalue weighted by atomic mass is 9.97. The van der Waals surface area contributed by atoms with Gasteiger partial charge >= 0.3 is 0 Å². The molecule has 0 aliphatic rings. The van der Waals surface area contributed by atoms with Gasteiger partial charge in [0.05, 0.1) is 11.1 Å². The Morgan fingerprint density at radius 1 is 1.25 bits per heavy atom. The number of rotatable bonds is 2. The van der Waals surface area contributed by atoms with Crippen LogP contribution in [0.15, 0.2) is 18.3 Å². The largest absolute Gasteiger partial charge is 0.355 e. The van der Waals surface area contributed by atoms with Crippen molar-refractivity contribution in [2.45, 2.75) is 40.5 Å². The molecule has 2 rings (SSSR count). The number of nitrogens with one attached hydrogen (secondary N) is 1. The van der Waals surface area contributed by atoms with E-state index in [4.69, 9.17) is 0 Å². The summed E-state index contributed by atoms with van der Waals surface area (Å²) < 4.78 is 2.05. The fourth-order valence-electron chi connectivity index (χ4n) is 2.49. The number of aromatic nitrogens is 1. The highest BCUT2D eigenvalue weighted by atomic mass is 16.1. The maximum absolute atomic E-state index is 11.9. The number of carbonyl (C=O) groups is 1. The first-order chi connectivity index (χ1) is 9.45. The molecule has 0 radical (unpaired) electrons. The number of aryl methyl sites for hydroxylation is 2. The van der Waals surface area contributed by atoms with Gasteiger partial charge in [0.15, 0.2) is 0 Å². The number of hydrogen-bond acceptors (Lipinski definition) is 1. The Hall–Kier alpha value is -1.77. The van der Waals surface area contributed by atoms with Crippen molar-refractivity contribution in [1.29, 1.82) is 0 Å². The van der Waals surface area contributed by atoms with Crippen molar-refractivity contribution < 1.29 is 4.79 Å². The minimum atomic E-state index is -0.0269. The van der Waals surface area contributed by atoms with Crippen molar-refractivity contribution in [3.63, 3.8) is 0 Å². The van der Waals surface area contributed by atoms with Crippen molar-refractivity contribution in [2.24, 2.45) is 7.05 Å². The second kappa shape index (κ2) is 6.60. The predicted octanol–water partition coefficient (Wildman–Crippen LogP) is 4.00. The molecule has 0 aliphatic heterocycles. The van der Waals surface area contributed by atoms with Gasteiger partial charge in [-0.3, -0.25) is 4.79 Å². The Balaban J connectivity index is 0.000000956. The van der Waals surface area contributed by atoms with Crippen molar-refractivity contribution in [3.05, 3.63) is 35.0 Å². The number of nitrogens with zero attached hydrogens (tertiary/aromatic N) is 1. The third-order valence-electron chi connectivity index (χ3n) is 3.34. The molecule has 3 heteroatoms. The molecule has 0 saturated heterocycles. The highest BCUT2D eigenvalue weighted by Gasteiger charge is 2.17. The fraction of sp³-hybridized carbons (Fsp3) is 0.471. The van der Waals surface area contributed by atoms with Gasteiger partial charge in [-0.05, 0) is 24.5 Å². The number of fused-ring (bicyclic) bond motifs is 1. The summed E-state index contributed by atoms with van der Waals surface area (Å²) in [7, 11) is 3.66. The molecule has 0 bridgehead atoms. The lowest BCUT2D eigenvalue weighted by Gasteiger charge is -2.11. The summed E-state index contributed by atoms with van der Waals surface area (Å²) in [6.07, 6.45) is 1.91. The van der Waals surface area contributed by atoms with E-state index in [2.05, 4.69) is 42.8 Å². The van der Waals surface area contributed by atoms with Gasteiger partial charge in [0.25, 0.3) is 5.91 Å². The fourth-order valence-corrected chi connectivity index (χ4v) is 2.49. The van der Waals surface area contributed by atoms with Gasteiger partial charge < -0.3 is 9.88 Å². The van der Waals surface area contributed by atoms with Gasteiger partial charge in [0, 0.05) is 25.7 Å². The van der Waals surface area contributed by atoms with Crippen LogP contribution in [0.5, 0.6) is 0 Å². The van der Waals surface area contributed by atoms with Gasteiger partial charge in [-0.1, -0.05) is 39.3 Å². The Labute approximate surface area is 122 Å². The third kappa shape index (κ3) is 2.87. The Morgan fingerprint density at radius 2 is 1.85 bits per heavy atom. The first-order valence-electron chi connectivity index (χ1n) is 7.27. The van der Waals surface area contributed by atoms with Crippen molar-refractivity contribution in [3.8, 4) is 0 Å². The first kappa shape index (κ1) is 16.3. The van der Waals surface area contributed by atoms with Crippen molar-refractivity contribution in [2.75, 3.05) is 7.05 Å². The second-order valence-corrected chi connectivity index (χ2v) is 5.14. The Bertz CT molecular complexity index is 609. The normalized spacial score (nSPS) is 10.4. The molecule has 0 unspecified atom stereocenters. The molecule has 1 N–H and O–H groups in total. The van der Waals surface area contributed by atoms with E-state index >= 15 is 0 Å². The summed E-state index contributed by atoms with van der Waals surface area (Å²) in [5, 5.41) is 3.74. The standard InChI is InChI=1S/C15H20N2O.C2H6/c1-9(2)11-6-10(3)7-12-13(15(18)16-4)8-17(5)14(11)12;1-2/h6-9H,1-5H3,(H,16,18);1-2H3. The lowest BCUT2D eigenvalue weighted by molar-refractivity contribution is 0.0964. The van der Waals surface area contributed by atoms with Crippen LogP contribution in [0.4, 0.5) is 0 Å². The summed E-state index contributed by atoms with van der Waals surface area (Å²) in [6.45, 7) is 10.4. The number of amides is 1. The van der Waals surface area contributed by atoms with Crippen LogP contribution in [0, 0.1) is 6.92 Å². The molecule has 110 valence electrons. The van der Waals surface area contributed by atoms with Gasteiger partial charge in [-0.25, -0.2) is 0 Å². The van der Waals surface area contributed by atoms with Crippen molar-refractivity contribution >= 4 is 16.8 Å². The number of benzene rings is 1. The minimum absolute atomic E-state index is 0.0269. The van der Waals surface area contributed by atoms with E-state index in [1.165, 1.54) is 11.1 Å². The van der Waals surface area contributed by atoms with Crippen LogP contribution in [0.25, 0.3) is 10.9 Å². The Morgan fingerprint density at radius 3 is 2.35 bits per heavy atom. The van der Waals surface area contributed by atoms with Crippen LogP contribution in [0.3, 0.4) is 0 Å². The number of carbonyl (C=O) groups excluding carboxylic acids is 1. The monoisotopic (exact) mass is 274 g/mol. The molecule has 0 aliphatic carbocycles. The SMILES string of the molecule is CC.CNC(=O)c1cn(C)c2c(C(C)C)cc(C)cc12. The summed E-state index contributed by atoms with van der Waals surface area (Å²) in [4.78, 5) is 11.9. The molecule has 0 atom stereocenters. The molecule has 1 aromatic carbocycles. The quantitative estimate of drug-likeness (QED) is 0.882. The summed E-state index contributed by atoms with van der Waals surface area (Å²) in [5.41, 5.74) is 4.40. The van der Waals surface area contributed by atoms with E-state index in [0.29, 0.717) is 5.92 Å². The zero-order chi connectivity index (χ0) is 15.4. The van der Waals surface area contributed by atoms with Crippen LogP contribution >= 0.6 is 0 Å². The molecule has 0 saturated carbocycles. The van der Waals surface area contributed by atoms with Crippen LogP contribution in [0.2, 0.25) is 0 Å². The minimum Gasteiger partial charge on any atom is -0.355 e. The van der Waals surface area contributed by atoms with E-state index in [1.54, 1.807) is 7.05 Å². The zero-order valence-corrected chi connectivity index (χ0v) is 13.7. The molecule has 20 heavy (non-hydrogen) atoms. The van der Waals surface area contributed by atoms with E-state index < -0.39 is 0 Å². The molecule has 3 nitrogen and oxygen atoms in total. The predicted molar refractivity (Wildman–Crippen MR) is 86.5 cm³/mol. The lowest BCUT2D eigenvalue weighted by Crippen LogP contribution is -2.17. The van der Waals surface area contributed by atoms with Gasteiger partial charge in [-0.2, -0.15) is 0 Å². The third-order valence-corrected chi connectivity index (χ3v) is 3.34. The maximum Gasteiger partial charge on any atom is 0.253 e. The van der Waals surface area contributed by atoms with Gasteiger partial charge in [0.1, 0.15) is 0 Å². The van der Waals surface area contributed by atoms with Gasteiger partial charge in [-0.15, -0.1) is 0 Å². The first-order valence-corrected chi connectivity index (χ1v) is 7.27. The van der Waals surface area contributed by atoms with Crippen LogP contribution in [-0.4, -0.2) is 17.5 Å². The molecule has 1 aromatic heterocycles. The highest BCUT2D eigenvalue weighted by molar-refractivity contribution is 6.07. The molecular formula is C17H26N2O. The van der Waals surface area contributed by atoms with E-state index in [-0.39, 0.29) is 5.91 Å². The molecule has 1 heterocycles. The highest BCUT2D eigenvalue weighted by Crippen LogP contribution is 2.30. The molecular weight excluding hydrogens is 248 g/mol. The molecule has 1 amide bonds. The smallest absolute Gasteiger partial charge is 0.253 e. The summed E-state index contributed by atoms with van der Waals surface area (Å²) in [6, 6.07) is 4.30.